The zero-order valence-corrected chi connectivity index (χ0v) is 17.5. The molecule has 0 aromatic heterocycles. The van der Waals surface area contributed by atoms with Gasteiger partial charge in [0.2, 0.25) is 0 Å². The Morgan fingerprint density at radius 2 is 1.14 bits per heavy atom. The Labute approximate surface area is 177 Å². The van der Waals surface area contributed by atoms with Crippen molar-refractivity contribution in [2.75, 3.05) is 0 Å². The molecule has 0 amide bonds. The van der Waals surface area contributed by atoms with Gasteiger partial charge >= 0.3 is 0 Å². The number of rotatable bonds is 1. The predicted molar refractivity (Wildman–Crippen MR) is 125 cm³/mol. The zero-order chi connectivity index (χ0) is 19.8. The minimum Gasteiger partial charge on any atom is -0.171 e. The first kappa shape index (κ1) is 17.1. The number of benzene rings is 4. The van der Waals surface area contributed by atoms with Crippen molar-refractivity contribution in [1.82, 2.24) is 0 Å². The molecule has 0 nitrogen and oxygen atoms in total. The minimum atomic E-state index is -0.247. The van der Waals surface area contributed by atoms with E-state index in [1.807, 2.05) is 0 Å². The molecule has 6 rings (SSSR count). The molecule has 2 aliphatic rings. The van der Waals surface area contributed by atoms with Gasteiger partial charge in [-0.2, -0.15) is 12.6 Å². The normalized spacial score (nSPS) is 15.6. The molecule has 0 N–H and O–H groups in total. The molecule has 0 aliphatic heterocycles. The molecule has 0 saturated heterocycles. The van der Waals surface area contributed by atoms with Gasteiger partial charge in [-0.15, -0.1) is 0 Å². The molecule has 1 spiro atoms. The summed E-state index contributed by atoms with van der Waals surface area (Å²) in [4.78, 5) is 0. The molecule has 1 heteroatoms. The van der Waals surface area contributed by atoms with Gasteiger partial charge in [0.15, 0.2) is 0 Å². The van der Waals surface area contributed by atoms with E-state index in [-0.39, 0.29) is 10.7 Å². The van der Waals surface area contributed by atoms with Gasteiger partial charge in [-0.25, -0.2) is 0 Å². The molecular formula is C28H22S. The molecule has 1 atom stereocenters. The van der Waals surface area contributed by atoms with E-state index in [0.717, 1.165) is 0 Å². The smallest absolute Gasteiger partial charge is 0.0725 e. The highest BCUT2D eigenvalue weighted by Crippen LogP contribution is 2.63. The van der Waals surface area contributed by atoms with Crippen LogP contribution in [-0.2, 0) is 5.41 Å². The van der Waals surface area contributed by atoms with Crippen molar-refractivity contribution in [2.24, 2.45) is 0 Å². The maximum absolute atomic E-state index is 4.87. The van der Waals surface area contributed by atoms with E-state index < -0.39 is 0 Å². The van der Waals surface area contributed by atoms with E-state index in [2.05, 4.69) is 98.8 Å². The van der Waals surface area contributed by atoms with Crippen LogP contribution in [0.15, 0.2) is 84.9 Å². The van der Waals surface area contributed by atoms with Gasteiger partial charge < -0.3 is 0 Å². The van der Waals surface area contributed by atoms with Gasteiger partial charge in [-0.1, -0.05) is 90.5 Å². The number of aryl methyl sites for hydroxylation is 1. The highest BCUT2D eigenvalue weighted by molar-refractivity contribution is 7.80. The number of hydrogen-bond acceptors (Lipinski definition) is 1. The zero-order valence-electron chi connectivity index (χ0n) is 16.6. The molecule has 0 bridgehead atoms. The first-order chi connectivity index (χ1) is 14.1. The summed E-state index contributed by atoms with van der Waals surface area (Å²) in [5, 5.41) is 0.179. The summed E-state index contributed by atoms with van der Waals surface area (Å²) >= 11 is 4.87. The number of hydrogen-bond donors (Lipinski definition) is 1. The fraction of sp³-hybridized carbons (Fsp3) is 0.143. The maximum atomic E-state index is 4.87. The Kier molecular flexibility index (Phi) is 3.47. The second kappa shape index (κ2) is 5.87. The summed E-state index contributed by atoms with van der Waals surface area (Å²) in [6.45, 7) is 4.39. The van der Waals surface area contributed by atoms with E-state index in [4.69, 9.17) is 12.6 Å². The number of thiol groups is 1. The van der Waals surface area contributed by atoms with Gasteiger partial charge in [0, 0.05) is 5.25 Å². The van der Waals surface area contributed by atoms with Crippen molar-refractivity contribution >= 4 is 12.6 Å². The summed E-state index contributed by atoms with van der Waals surface area (Å²) in [6, 6.07) is 31.6. The first-order valence-corrected chi connectivity index (χ1v) is 10.8. The van der Waals surface area contributed by atoms with Crippen molar-refractivity contribution in [2.45, 2.75) is 24.5 Å². The average Bonchev–Trinajstić information content (AvgIpc) is 3.20. The Morgan fingerprint density at radius 3 is 1.69 bits per heavy atom. The molecule has 0 saturated carbocycles. The summed E-state index contributed by atoms with van der Waals surface area (Å²) in [6.07, 6.45) is 0. The van der Waals surface area contributed by atoms with Crippen molar-refractivity contribution < 1.29 is 0 Å². The van der Waals surface area contributed by atoms with E-state index in [0.29, 0.717) is 0 Å². The topological polar surface area (TPSA) is 0 Å². The van der Waals surface area contributed by atoms with E-state index in [1.54, 1.807) is 0 Å². The van der Waals surface area contributed by atoms with Crippen molar-refractivity contribution in [3.8, 4) is 22.3 Å². The number of fused-ring (bicyclic) bond motifs is 10. The molecule has 29 heavy (non-hydrogen) atoms. The monoisotopic (exact) mass is 390 g/mol. The molecule has 0 radical (unpaired) electrons. The summed E-state index contributed by atoms with van der Waals surface area (Å²) in [7, 11) is 0. The lowest BCUT2D eigenvalue weighted by Gasteiger charge is -2.31. The summed E-state index contributed by atoms with van der Waals surface area (Å²) < 4.78 is 0. The molecular weight excluding hydrogens is 368 g/mol. The molecule has 0 fully saturated rings. The van der Waals surface area contributed by atoms with Gasteiger partial charge in [0.25, 0.3) is 0 Å². The van der Waals surface area contributed by atoms with E-state index >= 15 is 0 Å². The SMILES string of the molecule is Cc1cc(C(C)S)c2c(c1)C1(c3ccccc3-c3ccccc31)c1ccccc1-2. The van der Waals surface area contributed by atoms with Crippen molar-refractivity contribution in [3.05, 3.63) is 118 Å². The van der Waals surface area contributed by atoms with Crippen LogP contribution in [0.5, 0.6) is 0 Å². The summed E-state index contributed by atoms with van der Waals surface area (Å²) in [5.74, 6) is 0. The van der Waals surface area contributed by atoms with Crippen molar-refractivity contribution in [3.63, 3.8) is 0 Å². The Bertz CT molecular complexity index is 1250. The van der Waals surface area contributed by atoms with Crippen LogP contribution in [-0.4, -0.2) is 0 Å². The minimum absolute atomic E-state index is 0.179. The average molecular weight is 391 g/mol. The van der Waals surface area contributed by atoms with Crippen LogP contribution in [0.4, 0.5) is 0 Å². The Balaban J connectivity index is 1.87. The molecule has 0 heterocycles. The van der Waals surface area contributed by atoms with E-state index in [9.17, 15) is 0 Å². The van der Waals surface area contributed by atoms with Crippen molar-refractivity contribution in [1.29, 1.82) is 0 Å². The second-order valence-electron chi connectivity index (χ2n) is 8.34. The molecule has 4 aromatic rings. The largest absolute Gasteiger partial charge is 0.171 e. The fourth-order valence-corrected chi connectivity index (χ4v) is 5.93. The first-order valence-electron chi connectivity index (χ1n) is 10.3. The molecule has 2 aliphatic carbocycles. The lowest BCUT2D eigenvalue weighted by molar-refractivity contribution is 0.791. The van der Waals surface area contributed by atoms with Gasteiger partial charge in [-0.05, 0) is 63.9 Å². The second-order valence-corrected chi connectivity index (χ2v) is 9.11. The predicted octanol–water partition coefficient (Wildman–Crippen LogP) is 7.33. The standard InChI is InChI=1S/C28H22S/c1-17-15-22(18(2)29)27-21-11-5-8-14-25(21)28(26(27)16-17)23-12-6-3-9-19(23)20-10-4-7-13-24(20)28/h3-16,18,29H,1-2H3. The molecule has 4 aromatic carbocycles. The Hall–Kier alpha value is -2.77. The summed E-state index contributed by atoms with van der Waals surface area (Å²) in [5.41, 5.74) is 13.4. The quantitative estimate of drug-likeness (QED) is 0.279. The van der Waals surface area contributed by atoms with Gasteiger partial charge in [0.1, 0.15) is 0 Å². The molecule has 1 unspecified atom stereocenters. The van der Waals surface area contributed by atoms with Crippen LogP contribution >= 0.6 is 12.6 Å². The van der Waals surface area contributed by atoms with Crippen LogP contribution in [0, 0.1) is 6.92 Å². The lowest BCUT2D eigenvalue weighted by Crippen LogP contribution is -2.26. The third-order valence-corrected chi connectivity index (χ3v) is 7.00. The van der Waals surface area contributed by atoms with Crippen LogP contribution < -0.4 is 0 Å². The van der Waals surface area contributed by atoms with Gasteiger partial charge in [-0.3, -0.25) is 0 Å². The fourth-order valence-electron chi connectivity index (χ4n) is 5.73. The van der Waals surface area contributed by atoms with Gasteiger partial charge in [0.05, 0.1) is 5.41 Å². The third-order valence-electron chi connectivity index (χ3n) is 6.72. The van der Waals surface area contributed by atoms with Crippen LogP contribution in [0.1, 0.15) is 45.6 Å². The highest BCUT2D eigenvalue weighted by Gasteiger charge is 2.52. The van der Waals surface area contributed by atoms with Crippen LogP contribution in [0.3, 0.4) is 0 Å². The van der Waals surface area contributed by atoms with E-state index in [1.165, 1.54) is 55.6 Å². The third kappa shape index (κ3) is 2.01. The lowest BCUT2D eigenvalue weighted by atomic mass is 9.70. The van der Waals surface area contributed by atoms with Crippen LogP contribution in [0.25, 0.3) is 22.3 Å². The van der Waals surface area contributed by atoms with Crippen LogP contribution in [0.2, 0.25) is 0 Å². The highest BCUT2D eigenvalue weighted by atomic mass is 32.1. The molecule has 140 valence electrons. The maximum Gasteiger partial charge on any atom is 0.0725 e. The Morgan fingerprint density at radius 1 is 0.655 bits per heavy atom.